The van der Waals surface area contributed by atoms with Gasteiger partial charge in [-0.2, -0.15) is 22.0 Å². The van der Waals surface area contributed by atoms with Crippen LogP contribution in [0.1, 0.15) is 46.0 Å². The van der Waals surface area contributed by atoms with E-state index in [4.69, 9.17) is 9.47 Å². The second kappa shape index (κ2) is 6.62. The largest absolute Gasteiger partial charge is 0.462 e. The number of carbonyl (C=O) groups is 1. The van der Waals surface area contributed by atoms with Crippen LogP contribution in [0.2, 0.25) is 0 Å². The summed E-state index contributed by atoms with van der Waals surface area (Å²) in [7, 11) is 0. The molecule has 146 valence electrons. The average Bonchev–Trinajstić information content (AvgIpc) is 2.53. The first-order chi connectivity index (χ1) is 11.4. The molecule has 1 N–H and O–H groups in total. The molecular weight excluding hydrogens is 355 g/mol. The van der Waals surface area contributed by atoms with Crippen molar-refractivity contribution in [2.75, 3.05) is 6.79 Å². The van der Waals surface area contributed by atoms with Crippen LogP contribution in [0.3, 0.4) is 0 Å². The Morgan fingerprint density at radius 2 is 1.84 bits per heavy atom. The first-order valence-electron chi connectivity index (χ1n) is 8.05. The Labute approximate surface area is 141 Å². The predicted octanol–water partition coefficient (Wildman–Crippen LogP) is 3.15. The van der Waals surface area contributed by atoms with E-state index in [1.165, 1.54) is 0 Å². The molecule has 2 aliphatic rings. The van der Waals surface area contributed by atoms with Crippen molar-refractivity contribution in [1.29, 1.82) is 0 Å². The zero-order chi connectivity index (χ0) is 19.1. The second-order valence-electron chi connectivity index (χ2n) is 6.56. The Kier molecular flexibility index (Phi) is 5.38. The molecule has 2 fully saturated rings. The molecule has 1 saturated heterocycles. The third-order valence-electron chi connectivity index (χ3n) is 5.02. The standard InChI is InChI=1S/C15H21F5O5/c1-3-9(2)11(21)25-10-4-6-12(7-5-10)13(16,17)14(22,15(18,19)20)24-8-23-12/h9-10,22H,3-8H2,1-2H3. The molecule has 1 spiro atoms. The van der Waals surface area contributed by atoms with Gasteiger partial charge < -0.3 is 19.3 Å². The number of hydrogen-bond acceptors (Lipinski definition) is 5. The van der Waals surface area contributed by atoms with Crippen LogP contribution in [0.25, 0.3) is 0 Å². The lowest BCUT2D eigenvalue weighted by atomic mass is 9.75. The summed E-state index contributed by atoms with van der Waals surface area (Å²) < 4.78 is 81.9. The van der Waals surface area contributed by atoms with Gasteiger partial charge in [-0.15, -0.1) is 0 Å². The van der Waals surface area contributed by atoms with E-state index >= 15 is 0 Å². The van der Waals surface area contributed by atoms with E-state index in [0.717, 1.165) is 0 Å². The highest BCUT2D eigenvalue weighted by Gasteiger charge is 2.80. The molecule has 0 bridgehead atoms. The molecule has 0 aromatic carbocycles. The van der Waals surface area contributed by atoms with Crippen LogP contribution < -0.4 is 0 Å². The molecule has 1 aliphatic carbocycles. The van der Waals surface area contributed by atoms with Crippen LogP contribution in [0.15, 0.2) is 0 Å². The fourth-order valence-electron chi connectivity index (χ4n) is 3.06. The van der Waals surface area contributed by atoms with Crippen molar-refractivity contribution in [2.45, 2.75) is 75.5 Å². The molecule has 2 unspecified atom stereocenters. The Balaban J connectivity index is 2.12. The highest BCUT2D eigenvalue weighted by Crippen LogP contribution is 2.56. The van der Waals surface area contributed by atoms with Gasteiger partial charge in [0.05, 0.1) is 5.92 Å². The quantitative estimate of drug-likeness (QED) is 0.606. The number of hydrogen-bond donors (Lipinski definition) is 1. The maximum atomic E-state index is 14.5. The molecule has 1 aliphatic heterocycles. The van der Waals surface area contributed by atoms with Gasteiger partial charge in [0.1, 0.15) is 11.7 Å². The van der Waals surface area contributed by atoms with E-state index in [9.17, 15) is 31.9 Å². The molecule has 0 aromatic heterocycles. The van der Waals surface area contributed by atoms with Crippen molar-refractivity contribution in [2.24, 2.45) is 5.92 Å². The molecule has 10 heteroatoms. The zero-order valence-electron chi connectivity index (χ0n) is 13.9. The monoisotopic (exact) mass is 376 g/mol. The van der Waals surface area contributed by atoms with Crippen LogP contribution >= 0.6 is 0 Å². The number of aliphatic hydroxyl groups is 1. The molecule has 0 amide bonds. The summed E-state index contributed by atoms with van der Waals surface area (Å²) in [6.45, 7) is 2.34. The molecule has 25 heavy (non-hydrogen) atoms. The highest BCUT2D eigenvalue weighted by molar-refractivity contribution is 5.72. The lowest BCUT2D eigenvalue weighted by Gasteiger charge is -2.52. The summed E-state index contributed by atoms with van der Waals surface area (Å²) in [6.07, 6.45) is -6.99. The van der Waals surface area contributed by atoms with Crippen LogP contribution in [0, 0.1) is 5.92 Å². The summed E-state index contributed by atoms with van der Waals surface area (Å²) in [5.74, 6) is -10.2. The lowest BCUT2D eigenvalue weighted by molar-refractivity contribution is -0.504. The van der Waals surface area contributed by atoms with Crippen molar-refractivity contribution in [1.82, 2.24) is 0 Å². The van der Waals surface area contributed by atoms with Gasteiger partial charge in [-0.3, -0.25) is 4.79 Å². The van der Waals surface area contributed by atoms with Crippen LogP contribution in [-0.4, -0.2) is 47.5 Å². The van der Waals surface area contributed by atoms with Crippen molar-refractivity contribution in [3.63, 3.8) is 0 Å². The summed E-state index contributed by atoms with van der Waals surface area (Å²) in [5, 5.41) is 9.51. The third-order valence-corrected chi connectivity index (χ3v) is 5.02. The van der Waals surface area contributed by atoms with Crippen molar-refractivity contribution < 1.29 is 46.1 Å². The van der Waals surface area contributed by atoms with Gasteiger partial charge in [-0.05, 0) is 32.1 Å². The van der Waals surface area contributed by atoms with E-state index in [-0.39, 0.29) is 18.8 Å². The fourth-order valence-corrected chi connectivity index (χ4v) is 3.06. The normalized spacial score (nSPS) is 36.9. The molecule has 2 rings (SSSR count). The maximum Gasteiger partial charge on any atom is 0.449 e. The summed E-state index contributed by atoms with van der Waals surface area (Å²) in [5.41, 5.74) is -2.52. The minimum Gasteiger partial charge on any atom is -0.462 e. The van der Waals surface area contributed by atoms with Gasteiger partial charge in [0, 0.05) is 0 Å². The molecule has 0 radical (unpaired) electrons. The highest BCUT2D eigenvalue weighted by atomic mass is 19.4. The molecule has 1 saturated carbocycles. The molecule has 0 aromatic rings. The van der Waals surface area contributed by atoms with E-state index in [2.05, 4.69) is 4.74 Å². The summed E-state index contributed by atoms with van der Waals surface area (Å²) in [4.78, 5) is 11.8. The third kappa shape index (κ3) is 3.23. The second-order valence-corrected chi connectivity index (χ2v) is 6.56. The van der Waals surface area contributed by atoms with Gasteiger partial charge in [0.15, 0.2) is 6.79 Å². The fraction of sp³-hybridized carbons (Fsp3) is 0.933. The molecule has 1 heterocycles. The molecular formula is C15H21F5O5. The van der Waals surface area contributed by atoms with Gasteiger partial charge in [-0.1, -0.05) is 13.8 Å². The topological polar surface area (TPSA) is 65.0 Å². The van der Waals surface area contributed by atoms with E-state index in [1.54, 1.807) is 13.8 Å². The Morgan fingerprint density at radius 3 is 2.32 bits per heavy atom. The molecule has 2 atom stereocenters. The number of carbonyl (C=O) groups excluding carboxylic acids is 1. The van der Waals surface area contributed by atoms with E-state index in [0.29, 0.717) is 6.42 Å². The molecule has 5 nitrogen and oxygen atoms in total. The van der Waals surface area contributed by atoms with Gasteiger partial charge in [-0.25, -0.2) is 0 Å². The lowest BCUT2D eigenvalue weighted by Crippen LogP contribution is -2.74. The minimum absolute atomic E-state index is 0.0916. The van der Waals surface area contributed by atoms with Gasteiger partial charge in [0.2, 0.25) is 0 Å². The van der Waals surface area contributed by atoms with Crippen molar-refractivity contribution >= 4 is 5.97 Å². The first kappa shape index (κ1) is 20.3. The Bertz CT molecular complexity index is 501. The zero-order valence-corrected chi connectivity index (χ0v) is 13.9. The predicted molar refractivity (Wildman–Crippen MR) is 73.5 cm³/mol. The summed E-state index contributed by atoms with van der Waals surface area (Å²) >= 11 is 0. The van der Waals surface area contributed by atoms with E-state index in [1.807, 2.05) is 0 Å². The van der Waals surface area contributed by atoms with Crippen LogP contribution in [0.4, 0.5) is 22.0 Å². The average molecular weight is 376 g/mol. The Morgan fingerprint density at radius 1 is 1.28 bits per heavy atom. The Hall–Kier alpha value is -1.00. The number of rotatable bonds is 3. The minimum atomic E-state index is -5.69. The van der Waals surface area contributed by atoms with Crippen molar-refractivity contribution in [3.8, 4) is 0 Å². The van der Waals surface area contributed by atoms with Crippen molar-refractivity contribution in [3.05, 3.63) is 0 Å². The van der Waals surface area contributed by atoms with E-state index < -0.39 is 55.2 Å². The SMILES string of the molecule is CCC(C)C(=O)OC1CCC2(CC1)OCOC(O)(C(F)(F)F)C2(F)F. The number of halogens is 5. The number of esters is 1. The van der Waals surface area contributed by atoms with Gasteiger partial charge >= 0.3 is 23.9 Å². The van der Waals surface area contributed by atoms with Crippen LogP contribution in [-0.2, 0) is 19.0 Å². The number of alkyl halides is 5. The number of ether oxygens (including phenoxy) is 3. The van der Waals surface area contributed by atoms with Crippen LogP contribution in [0.5, 0.6) is 0 Å². The summed E-state index contributed by atoms with van der Waals surface area (Å²) in [6, 6.07) is 0. The smallest absolute Gasteiger partial charge is 0.449 e. The first-order valence-corrected chi connectivity index (χ1v) is 8.05. The maximum absolute atomic E-state index is 14.5. The van der Waals surface area contributed by atoms with Gasteiger partial charge in [0.25, 0.3) is 0 Å².